The number of carboxylic acid groups (broad SMARTS) is 1. The molecule has 0 aliphatic carbocycles. The predicted molar refractivity (Wildman–Crippen MR) is 99.7 cm³/mol. The number of carboxylic acids is 1. The average Bonchev–Trinajstić information content (AvgIpc) is 2.65. The van der Waals surface area contributed by atoms with E-state index in [4.69, 9.17) is 10.4 Å². The quantitative estimate of drug-likeness (QED) is 0.899. The highest BCUT2D eigenvalue weighted by Gasteiger charge is 2.30. The molecular weight excluding hydrogens is 326 g/mol. The number of nitriles is 1. The van der Waals surface area contributed by atoms with E-state index in [1.807, 2.05) is 47.4 Å². The zero-order chi connectivity index (χ0) is 18.5. The van der Waals surface area contributed by atoms with Crippen LogP contribution >= 0.6 is 0 Å². The van der Waals surface area contributed by atoms with Crippen LogP contribution in [0, 0.1) is 11.3 Å². The Morgan fingerprint density at radius 1 is 1.15 bits per heavy atom. The number of piperazine rings is 1. The van der Waals surface area contributed by atoms with Crippen molar-refractivity contribution in [2.45, 2.75) is 19.0 Å². The highest BCUT2D eigenvalue weighted by molar-refractivity contribution is 5.69. The Balaban J connectivity index is 1.87. The van der Waals surface area contributed by atoms with Gasteiger partial charge in [0.15, 0.2) is 0 Å². The van der Waals surface area contributed by atoms with Gasteiger partial charge < -0.3 is 5.11 Å². The maximum Gasteiger partial charge on any atom is 0.317 e. The molecule has 1 aliphatic rings. The highest BCUT2D eigenvalue weighted by Crippen LogP contribution is 2.30. The van der Waals surface area contributed by atoms with Crippen molar-refractivity contribution in [1.82, 2.24) is 9.80 Å². The van der Waals surface area contributed by atoms with Crippen LogP contribution in [0.4, 0.5) is 0 Å². The van der Waals surface area contributed by atoms with Gasteiger partial charge in [-0.25, -0.2) is 0 Å². The monoisotopic (exact) mass is 349 g/mol. The first kappa shape index (κ1) is 18.1. The largest absolute Gasteiger partial charge is 0.480 e. The third-order valence-corrected chi connectivity index (χ3v) is 4.97. The van der Waals surface area contributed by atoms with Crippen LogP contribution in [0.25, 0.3) is 0 Å². The van der Waals surface area contributed by atoms with Crippen molar-refractivity contribution in [2.75, 3.05) is 26.2 Å². The summed E-state index contributed by atoms with van der Waals surface area (Å²) < 4.78 is 0. The number of nitrogens with zero attached hydrogens (tertiary/aromatic N) is 3. The minimum atomic E-state index is -0.781. The Labute approximate surface area is 154 Å². The summed E-state index contributed by atoms with van der Waals surface area (Å²) >= 11 is 0. The van der Waals surface area contributed by atoms with E-state index >= 15 is 0 Å². The first-order chi connectivity index (χ1) is 12.6. The lowest BCUT2D eigenvalue weighted by Crippen LogP contribution is -2.54. The van der Waals surface area contributed by atoms with Gasteiger partial charge in [0.1, 0.15) is 0 Å². The number of benzene rings is 2. The minimum Gasteiger partial charge on any atom is -0.480 e. The van der Waals surface area contributed by atoms with Crippen molar-refractivity contribution in [2.24, 2.45) is 0 Å². The molecule has 0 aromatic heterocycles. The zero-order valence-corrected chi connectivity index (χ0v) is 14.9. The van der Waals surface area contributed by atoms with Gasteiger partial charge >= 0.3 is 5.97 Å². The number of hydrogen-bond acceptors (Lipinski definition) is 4. The van der Waals surface area contributed by atoms with Crippen molar-refractivity contribution in [3.05, 3.63) is 71.3 Å². The van der Waals surface area contributed by atoms with Crippen molar-refractivity contribution >= 4 is 5.97 Å². The molecule has 0 saturated carbocycles. The maximum atomic E-state index is 11.1. The van der Waals surface area contributed by atoms with Gasteiger partial charge in [0.25, 0.3) is 0 Å². The number of hydrogen-bond donors (Lipinski definition) is 1. The van der Waals surface area contributed by atoms with Gasteiger partial charge in [-0.15, -0.1) is 0 Å². The molecule has 5 heteroatoms. The van der Waals surface area contributed by atoms with Crippen LogP contribution in [0.5, 0.6) is 0 Å². The van der Waals surface area contributed by atoms with Crippen LogP contribution in [-0.2, 0) is 4.79 Å². The molecule has 26 heavy (non-hydrogen) atoms. The number of rotatable bonds is 5. The molecule has 0 radical (unpaired) electrons. The smallest absolute Gasteiger partial charge is 0.317 e. The fourth-order valence-corrected chi connectivity index (χ4v) is 3.66. The Bertz CT molecular complexity index is 783. The molecule has 0 amide bonds. The maximum absolute atomic E-state index is 11.1. The van der Waals surface area contributed by atoms with Crippen molar-refractivity contribution in [3.63, 3.8) is 0 Å². The second kappa shape index (κ2) is 8.13. The van der Waals surface area contributed by atoms with E-state index in [1.165, 1.54) is 5.56 Å². The molecule has 5 nitrogen and oxygen atoms in total. The van der Waals surface area contributed by atoms with Gasteiger partial charge in [0.2, 0.25) is 0 Å². The third kappa shape index (κ3) is 4.10. The normalized spacial score (nSPS) is 19.6. The first-order valence-electron chi connectivity index (χ1n) is 8.83. The third-order valence-electron chi connectivity index (χ3n) is 4.97. The molecule has 1 aliphatic heterocycles. The summed E-state index contributed by atoms with van der Waals surface area (Å²) in [4.78, 5) is 15.5. The molecule has 1 saturated heterocycles. The standard InChI is InChI=1S/C21H23N3O2/c1-16-14-24(12-11-23(16)15-20(25)26)21(18-5-3-2-4-6-18)19-9-7-17(13-22)8-10-19/h2-10,16,21H,11-12,14-15H2,1H3,(H,25,26)/t16-,21?/m1/s1. The van der Waals surface area contributed by atoms with Gasteiger partial charge in [-0.1, -0.05) is 42.5 Å². The first-order valence-corrected chi connectivity index (χ1v) is 8.83. The summed E-state index contributed by atoms with van der Waals surface area (Å²) in [5.74, 6) is -0.781. The molecule has 2 aromatic rings. The van der Waals surface area contributed by atoms with Gasteiger partial charge in [-0.3, -0.25) is 14.6 Å². The molecule has 1 heterocycles. The summed E-state index contributed by atoms with van der Waals surface area (Å²) in [7, 11) is 0. The second-order valence-corrected chi connectivity index (χ2v) is 6.76. The van der Waals surface area contributed by atoms with E-state index in [0.29, 0.717) is 5.56 Å². The summed E-state index contributed by atoms with van der Waals surface area (Å²) in [6.07, 6.45) is 0. The lowest BCUT2D eigenvalue weighted by Gasteiger charge is -2.43. The Morgan fingerprint density at radius 3 is 2.38 bits per heavy atom. The molecule has 1 N–H and O–H groups in total. The molecule has 1 fully saturated rings. The van der Waals surface area contributed by atoms with E-state index in [2.05, 4.69) is 30.0 Å². The van der Waals surface area contributed by atoms with E-state index in [0.717, 1.165) is 25.2 Å². The molecular formula is C21H23N3O2. The fourth-order valence-electron chi connectivity index (χ4n) is 3.66. The van der Waals surface area contributed by atoms with E-state index < -0.39 is 5.97 Å². The van der Waals surface area contributed by atoms with Crippen molar-refractivity contribution in [3.8, 4) is 6.07 Å². The Hall–Kier alpha value is -2.68. The lowest BCUT2D eigenvalue weighted by atomic mass is 9.95. The van der Waals surface area contributed by atoms with E-state index in [-0.39, 0.29) is 18.6 Å². The fraction of sp³-hybridized carbons (Fsp3) is 0.333. The van der Waals surface area contributed by atoms with Crippen molar-refractivity contribution in [1.29, 1.82) is 5.26 Å². The predicted octanol–water partition coefficient (Wildman–Crippen LogP) is 2.74. The molecule has 1 unspecified atom stereocenters. The summed E-state index contributed by atoms with van der Waals surface area (Å²) in [5, 5.41) is 18.1. The van der Waals surface area contributed by atoms with Crippen LogP contribution in [0.15, 0.2) is 54.6 Å². The van der Waals surface area contributed by atoms with Gasteiger partial charge in [-0.05, 0) is 30.2 Å². The topological polar surface area (TPSA) is 67.6 Å². The van der Waals surface area contributed by atoms with E-state index in [9.17, 15) is 4.79 Å². The average molecular weight is 349 g/mol. The van der Waals surface area contributed by atoms with Crippen LogP contribution in [0.3, 0.4) is 0 Å². The Morgan fingerprint density at radius 2 is 1.81 bits per heavy atom. The van der Waals surface area contributed by atoms with Gasteiger partial charge in [-0.2, -0.15) is 5.26 Å². The van der Waals surface area contributed by atoms with Gasteiger partial charge in [0, 0.05) is 25.7 Å². The molecule has 3 rings (SSSR count). The zero-order valence-electron chi connectivity index (χ0n) is 14.9. The highest BCUT2D eigenvalue weighted by atomic mass is 16.4. The molecule has 2 aromatic carbocycles. The Kier molecular flexibility index (Phi) is 5.67. The minimum absolute atomic E-state index is 0.0852. The van der Waals surface area contributed by atoms with Gasteiger partial charge in [0.05, 0.1) is 24.2 Å². The molecule has 0 bridgehead atoms. The summed E-state index contributed by atoms with van der Waals surface area (Å²) in [6, 6.07) is 20.5. The van der Waals surface area contributed by atoms with Crippen LogP contribution < -0.4 is 0 Å². The second-order valence-electron chi connectivity index (χ2n) is 6.76. The summed E-state index contributed by atoms with van der Waals surface area (Å²) in [5.41, 5.74) is 3.00. The SMILES string of the molecule is C[C@@H]1CN(C(c2ccccc2)c2ccc(C#N)cc2)CCN1CC(=O)O. The molecule has 134 valence electrons. The van der Waals surface area contributed by atoms with Crippen molar-refractivity contribution < 1.29 is 9.90 Å². The van der Waals surface area contributed by atoms with Crippen LogP contribution in [0.2, 0.25) is 0 Å². The molecule has 2 atom stereocenters. The lowest BCUT2D eigenvalue weighted by molar-refractivity contribution is -0.139. The van der Waals surface area contributed by atoms with Crippen LogP contribution in [-0.4, -0.2) is 53.1 Å². The van der Waals surface area contributed by atoms with E-state index in [1.54, 1.807) is 0 Å². The number of carbonyl (C=O) groups is 1. The number of aliphatic carboxylic acids is 1. The summed E-state index contributed by atoms with van der Waals surface area (Å²) in [6.45, 7) is 4.49. The molecule has 0 spiro atoms. The van der Waals surface area contributed by atoms with Crippen LogP contribution in [0.1, 0.15) is 29.7 Å².